The van der Waals surface area contributed by atoms with Crippen LogP contribution in [0, 0.1) is 24.4 Å². The third-order valence-electron chi connectivity index (χ3n) is 2.69. The Morgan fingerprint density at radius 3 is 2.45 bits per heavy atom. The minimum atomic E-state index is -0.890. The fourth-order valence-corrected chi connectivity index (χ4v) is 2.03. The van der Waals surface area contributed by atoms with Gasteiger partial charge in [0.25, 0.3) is 5.91 Å². The summed E-state index contributed by atoms with van der Waals surface area (Å²) in [6.07, 6.45) is 0. The van der Waals surface area contributed by atoms with E-state index in [1.165, 1.54) is 12.1 Å². The van der Waals surface area contributed by atoms with E-state index in [2.05, 4.69) is 21.2 Å². The van der Waals surface area contributed by atoms with Crippen molar-refractivity contribution < 1.29 is 18.0 Å². The molecule has 0 spiro atoms. The Bertz CT molecular complexity index is 688. The Labute approximate surface area is 121 Å². The van der Waals surface area contributed by atoms with E-state index < -0.39 is 23.4 Å². The van der Waals surface area contributed by atoms with Gasteiger partial charge in [-0.1, -0.05) is 0 Å². The molecule has 0 heterocycles. The molecule has 2 aromatic carbocycles. The summed E-state index contributed by atoms with van der Waals surface area (Å²) in [5.41, 5.74) is 0.474. The summed E-state index contributed by atoms with van der Waals surface area (Å²) in [5, 5.41) is 2.32. The van der Waals surface area contributed by atoms with Gasteiger partial charge in [-0.15, -0.1) is 0 Å². The average Bonchev–Trinajstić information content (AvgIpc) is 2.35. The Morgan fingerprint density at radius 1 is 1.10 bits per heavy atom. The molecule has 0 aliphatic heterocycles. The van der Waals surface area contributed by atoms with Crippen LogP contribution in [-0.4, -0.2) is 5.91 Å². The second-order valence-electron chi connectivity index (χ2n) is 4.16. The predicted molar refractivity (Wildman–Crippen MR) is 73.1 cm³/mol. The zero-order chi connectivity index (χ0) is 14.9. The summed E-state index contributed by atoms with van der Waals surface area (Å²) in [5.74, 6) is -2.72. The quantitative estimate of drug-likeness (QED) is 0.803. The molecule has 0 radical (unpaired) electrons. The number of aryl methyl sites for hydroxylation is 1. The van der Waals surface area contributed by atoms with Gasteiger partial charge in [-0.3, -0.25) is 4.79 Å². The molecule has 2 rings (SSSR count). The number of benzene rings is 2. The van der Waals surface area contributed by atoms with E-state index in [1.54, 1.807) is 6.92 Å². The van der Waals surface area contributed by atoms with Crippen molar-refractivity contribution in [2.24, 2.45) is 0 Å². The third kappa shape index (κ3) is 3.01. The highest BCUT2D eigenvalue weighted by Gasteiger charge is 2.14. The third-order valence-corrected chi connectivity index (χ3v) is 3.30. The lowest BCUT2D eigenvalue weighted by atomic mass is 10.1. The number of nitrogens with one attached hydrogen (secondary N) is 1. The molecule has 6 heteroatoms. The van der Waals surface area contributed by atoms with Crippen molar-refractivity contribution in [1.29, 1.82) is 0 Å². The van der Waals surface area contributed by atoms with Crippen LogP contribution in [0.15, 0.2) is 34.8 Å². The first kappa shape index (κ1) is 14.6. The van der Waals surface area contributed by atoms with Gasteiger partial charge in [0.05, 0.1) is 10.2 Å². The van der Waals surface area contributed by atoms with Crippen molar-refractivity contribution >= 4 is 27.5 Å². The van der Waals surface area contributed by atoms with Crippen molar-refractivity contribution in [3.63, 3.8) is 0 Å². The lowest BCUT2D eigenvalue weighted by Crippen LogP contribution is -2.14. The van der Waals surface area contributed by atoms with E-state index in [9.17, 15) is 18.0 Å². The Morgan fingerprint density at radius 2 is 1.80 bits per heavy atom. The normalized spacial score (nSPS) is 10.4. The fraction of sp³-hybridized carbons (Fsp3) is 0.0714. The van der Waals surface area contributed by atoms with Crippen LogP contribution in [0.3, 0.4) is 0 Å². The largest absolute Gasteiger partial charge is 0.319 e. The van der Waals surface area contributed by atoms with E-state index in [0.29, 0.717) is 11.6 Å². The molecule has 0 fully saturated rings. The second kappa shape index (κ2) is 5.66. The van der Waals surface area contributed by atoms with Gasteiger partial charge in [-0.25, -0.2) is 13.2 Å². The van der Waals surface area contributed by atoms with Crippen LogP contribution in [0.1, 0.15) is 15.9 Å². The number of rotatable bonds is 2. The maximum absolute atomic E-state index is 13.5. The lowest BCUT2D eigenvalue weighted by Gasteiger charge is -2.09. The van der Waals surface area contributed by atoms with Crippen LogP contribution < -0.4 is 5.32 Å². The molecule has 2 nitrogen and oxygen atoms in total. The molecule has 20 heavy (non-hydrogen) atoms. The van der Waals surface area contributed by atoms with Crippen molar-refractivity contribution in [2.75, 3.05) is 5.32 Å². The first-order chi connectivity index (χ1) is 9.38. The fourth-order valence-electron chi connectivity index (χ4n) is 1.69. The summed E-state index contributed by atoms with van der Waals surface area (Å²) in [4.78, 5) is 12.0. The average molecular weight is 344 g/mol. The van der Waals surface area contributed by atoms with E-state index in [1.807, 2.05) is 0 Å². The van der Waals surface area contributed by atoms with Crippen molar-refractivity contribution in [3.05, 3.63) is 63.4 Å². The monoisotopic (exact) mass is 343 g/mol. The van der Waals surface area contributed by atoms with E-state index in [0.717, 1.165) is 12.1 Å². The van der Waals surface area contributed by atoms with Crippen LogP contribution in [0.5, 0.6) is 0 Å². The molecule has 1 amide bonds. The highest BCUT2D eigenvalue weighted by molar-refractivity contribution is 9.10. The van der Waals surface area contributed by atoms with Gasteiger partial charge in [0, 0.05) is 11.6 Å². The van der Waals surface area contributed by atoms with Gasteiger partial charge in [0.1, 0.15) is 17.5 Å². The predicted octanol–water partition coefficient (Wildman–Crippen LogP) is 4.43. The second-order valence-corrected chi connectivity index (χ2v) is 5.01. The van der Waals surface area contributed by atoms with Crippen LogP contribution in [0.4, 0.5) is 18.9 Å². The molecular weight excluding hydrogens is 335 g/mol. The van der Waals surface area contributed by atoms with Crippen LogP contribution >= 0.6 is 15.9 Å². The lowest BCUT2D eigenvalue weighted by molar-refractivity contribution is 0.102. The number of amides is 1. The van der Waals surface area contributed by atoms with Crippen LogP contribution in [0.2, 0.25) is 0 Å². The first-order valence-electron chi connectivity index (χ1n) is 5.60. The topological polar surface area (TPSA) is 29.1 Å². The molecule has 1 N–H and O–H groups in total. The SMILES string of the molecule is Cc1cc(F)ccc1C(=O)Nc1cc(Br)c(F)cc1F. The molecule has 0 aliphatic carbocycles. The van der Waals surface area contributed by atoms with E-state index >= 15 is 0 Å². The molecule has 0 bridgehead atoms. The standard InChI is InChI=1S/C14H9BrF3NO/c1-7-4-8(16)2-3-9(7)14(20)19-13-5-10(15)11(17)6-12(13)18/h2-6H,1H3,(H,19,20). The first-order valence-corrected chi connectivity index (χ1v) is 6.40. The van der Waals surface area contributed by atoms with Crippen molar-refractivity contribution in [1.82, 2.24) is 0 Å². The Balaban J connectivity index is 2.30. The highest BCUT2D eigenvalue weighted by Crippen LogP contribution is 2.24. The number of hydrogen-bond acceptors (Lipinski definition) is 1. The molecule has 0 aromatic heterocycles. The van der Waals surface area contributed by atoms with E-state index in [4.69, 9.17) is 0 Å². The number of halogens is 4. The maximum atomic E-state index is 13.5. The molecule has 0 saturated heterocycles. The molecule has 0 atom stereocenters. The summed E-state index contributed by atoms with van der Waals surface area (Å²) in [7, 11) is 0. The molecule has 0 aliphatic rings. The van der Waals surface area contributed by atoms with Crippen LogP contribution in [0.25, 0.3) is 0 Å². The van der Waals surface area contributed by atoms with Gasteiger partial charge in [-0.05, 0) is 52.7 Å². The Kier molecular flexibility index (Phi) is 4.13. The summed E-state index contributed by atoms with van der Waals surface area (Å²) in [6.45, 7) is 1.56. The zero-order valence-corrected chi connectivity index (χ0v) is 11.9. The van der Waals surface area contributed by atoms with Gasteiger partial charge < -0.3 is 5.32 Å². The summed E-state index contributed by atoms with van der Waals surface area (Å²) < 4.78 is 39.6. The van der Waals surface area contributed by atoms with Gasteiger partial charge in [-0.2, -0.15) is 0 Å². The summed E-state index contributed by atoms with van der Waals surface area (Å²) in [6, 6.07) is 5.43. The van der Waals surface area contributed by atoms with Gasteiger partial charge in [0.15, 0.2) is 0 Å². The van der Waals surface area contributed by atoms with Gasteiger partial charge in [0.2, 0.25) is 0 Å². The van der Waals surface area contributed by atoms with Gasteiger partial charge >= 0.3 is 0 Å². The number of anilines is 1. The van der Waals surface area contributed by atoms with Crippen molar-refractivity contribution in [2.45, 2.75) is 6.92 Å². The number of carbonyl (C=O) groups is 1. The summed E-state index contributed by atoms with van der Waals surface area (Å²) >= 11 is 2.91. The molecule has 104 valence electrons. The minimum Gasteiger partial charge on any atom is -0.319 e. The molecule has 0 unspecified atom stereocenters. The van der Waals surface area contributed by atoms with Crippen LogP contribution in [-0.2, 0) is 0 Å². The highest BCUT2D eigenvalue weighted by atomic mass is 79.9. The zero-order valence-electron chi connectivity index (χ0n) is 10.3. The molecule has 2 aromatic rings. The van der Waals surface area contributed by atoms with Crippen molar-refractivity contribution in [3.8, 4) is 0 Å². The minimum absolute atomic E-state index is 0.0324. The number of hydrogen-bond donors (Lipinski definition) is 1. The number of carbonyl (C=O) groups excluding carboxylic acids is 1. The molecular formula is C14H9BrF3NO. The Hall–Kier alpha value is -1.82. The smallest absolute Gasteiger partial charge is 0.256 e. The molecule has 0 saturated carbocycles. The van der Waals surface area contributed by atoms with E-state index in [-0.39, 0.29) is 15.7 Å². The maximum Gasteiger partial charge on any atom is 0.256 e.